The van der Waals surface area contributed by atoms with E-state index in [1.54, 1.807) is 0 Å². The Kier molecular flexibility index (Phi) is 5.65. The molecule has 16 heavy (non-hydrogen) atoms. The van der Waals surface area contributed by atoms with Gasteiger partial charge < -0.3 is 5.32 Å². The molecule has 0 aliphatic rings. The molecule has 0 fully saturated rings. The standard InChI is InChI=1S/C13H16ClNO/c1-2-13(16)15-10-6-9-12(14)11-7-4-3-5-8-11/h2-5,7-8,12H,1,6,9-10H2,(H,15,16). The van der Waals surface area contributed by atoms with E-state index in [0.29, 0.717) is 6.54 Å². The quantitative estimate of drug-likeness (QED) is 0.460. The molecule has 1 aromatic rings. The Morgan fingerprint density at radius 3 is 2.75 bits per heavy atom. The van der Waals surface area contributed by atoms with Crippen molar-refractivity contribution in [2.75, 3.05) is 6.54 Å². The zero-order chi connectivity index (χ0) is 11.8. The van der Waals surface area contributed by atoms with E-state index in [9.17, 15) is 4.79 Å². The van der Waals surface area contributed by atoms with Crippen LogP contribution in [0.25, 0.3) is 0 Å². The van der Waals surface area contributed by atoms with E-state index in [1.165, 1.54) is 6.08 Å². The molecule has 1 atom stereocenters. The van der Waals surface area contributed by atoms with Crippen LogP contribution in [0.5, 0.6) is 0 Å². The highest BCUT2D eigenvalue weighted by atomic mass is 35.5. The van der Waals surface area contributed by atoms with Gasteiger partial charge in [0, 0.05) is 6.54 Å². The number of alkyl halides is 1. The Balaban J connectivity index is 2.23. The molecule has 1 rings (SSSR count). The number of amides is 1. The van der Waals surface area contributed by atoms with Crippen LogP contribution in [0.15, 0.2) is 43.0 Å². The van der Waals surface area contributed by atoms with Crippen LogP contribution in [0.2, 0.25) is 0 Å². The van der Waals surface area contributed by atoms with Gasteiger partial charge in [-0.1, -0.05) is 36.9 Å². The van der Waals surface area contributed by atoms with Gasteiger partial charge in [-0.15, -0.1) is 11.6 Å². The molecule has 1 unspecified atom stereocenters. The minimum Gasteiger partial charge on any atom is -0.353 e. The van der Waals surface area contributed by atoms with Crippen LogP contribution >= 0.6 is 11.6 Å². The molecule has 0 aliphatic carbocycles. The molecule has 0 heterocycles. The van der Waals surface area contributed by atoms with Crippen LogP contribution in [-0.2, 0) is 4.79 Å². The van der Waals surface area contributed by atoms with Crippen molar-refractivity contribution in [2.24, 2.45) is 0 Å². The van der Waals surface area contributed by atoms with Gasteiger partial charge in [0.15, 0.2) is 0 Å². The number of hydrogen-bond acceptors (Lipinski definition) is 1. The van der Waals surface area contributed by atoms with Gasteiger partial charge in [0.1, 0.15) is 0 Å². The average Bonchev–Trinajstić information content (AvgIpc) is 2.35. The highest BCUT2D eigenvalue weighted by molar-refractivity contribution is 6.20. The summed E-state index contributed by atoms with van der Waals surface area (Å²) < 4.78 is 0. The fraction of sp³-hybridized carbons (Fsp3) is 0.308. The Bertz CT molecular complexity index is 337. The molecule has 0 aromatic heterocycles. The Morgan fingerprint density at radius 1 is 1.44 bits per heavy atom. The first-order chi connectivity index (χ1) is 7.74. The smallest absolute Gasteiger partial charge is 0.243 e. The lowest BCUT2D eigenvalue weighted by Gasteiger charge is -2.09. The van der Waals surface area contributed by atoms with Crippen molar-refractivity contribution in [3.8, 4) is 0 Å². The van der Waals surface area contributed by atoms with Gasteiger partial charge in [-0.3, -0.25) is 4.79 Å². The van der Waals surface area contributed by atoms with E-state index >= 15 is 0 Å². The summed E-state index contributed by atoms with van der Waals surface area (Å²) in [6.45, 7) is 4.02. The molecule has 0 aliphatic heterocycles. The van der Waals surface area contributed by atoms with E-state index < -0.39 is 0 Å². The van der Waals surface area contributed by atoms with E-state index in [-0.39, 0.29) is 11.3 Å². The van der Waals surface area contributed by atoms with Gasteiger partial charge in [-0.2, -0.15) is 0 Å². The third kappa shape index (κ3) is 4.49. The zero-order valence-corrected chi connectivity index (χ0v) is 9.91. The van der Waals surface area contributed by atoms with Crippen molar-refractivity contribution in [2.45, 2.75) is 18.2 Å². The largest absolute Gasteiger partial charge is 0.353 e. The zero-order valence-electron chi connectivity index (χ0n) is 9.16. The van der Waals surface area contributed by atoms with Crippen LogP contribution < -0.4 is 5.32 Å². The molecule has 0 saturated heterocycles. The molecule has 1 aromatic carbocycles. The monoisotopic (exact) mass is 237 g/mol. The van der Waals surface area contributed by atoms with E-state index in [2.05, 4.69) is 11.9 Å². The summed E-state index contributed by atoms with van der Waals surface area (Å²) in [5, 5.41) is 2.74. The fourth-order valence-corrected chi connectivity index (χ4v) is 1.69. The van der Waals surface area contributed by atoms with Crippen molar-refractivity contribution < 1.29 is 4.79 Å². The SMILES string of the molecule is C=CC(=O)NCCCC(Cl)c1ccccc1. The van der Waals surface area contributed by atoms with Crippen molar-refractivity contribution >= 4 is 17.5 Å². The summed E-state index contributed by atoms with van der Waals surface area (Å²) in [4.78, 5) is 10.9. The van der Waals surface area contributed by atoms with Crippen LogP contribution in [0.1, 0.15) is 23.8 Å². The summed E-state index contributed by atoms with van der Waals surface area (Å²) in [6.07, 6.45) is 2.99. The number of carbonyl (C=O) groups is 1. The van der Waals surface area contributed by atoms with Crippen LogP contribution in [0.4, 0.5) is 0 Å². The summed E-state index contributed by atoms with van der Waals surface area (Å²) >= 11 is 6.22. The normalized spacial score (nSPS) is 11.8. The number of benzene rings is 1. The molecule has 0 saturated carbocycles. The van der Waals surface area contributed by atoms with Crippen molar-refractivity contribution in [1.29, 1.82) is 0 Å². The van der Waals surface area contributed by atoms with E-state index in [4.69, 9.17) is 11.6 Å². The minimum absolute atomic E-state index is 0.0156. The minimum atomic E-state index is -0.133. The number of carbonyl (C=O) groups excluding carboxylic acids is 1. The van der Waals surface area contributed by atoms with Gasteiger partial charge in [0.05, 0.1) is 5.38 Å². The Labute approximate surface area is 101 Å². The molecule has 1 amide bonds. The number of hydrogen-bond donors (Lipinski definition) is 1. The maximum atomic E-state index is 10.9. The second-order valence-electron chi connectivity index (χ2n) is 3.52. The second-order valence-corrected chi connectivity index (χ2v) is 4.04. The fourth-order valence-electron chi connectivity index (χ4n) is 1.39. The lowest BCUT2D eigenvalue weighted by atomic mass is 10.1. The van der Waals surface area contributed by atoms with Gasteiger partial charge in [0.25, 0.3) is 0 Å². The Hall–Kier alpha value is -1.28. The molecular weight excluding hydrogens is 222 g/mol. The highest BCUT2D eigenvalue weighted by Gasteiger charge is 2.06. The Morgan fingerprint density at radius 2 is 2.12 bits per heavy atom. The van der Waals surface area contributed by atoms with Crippen LogP contribution in [-0.4, -0.2) is 12.5 Å². The van der Waals surface area contributed by atoms with Gasteiger partial charge in [-0.05, 0) is 24.5 Å². The molecule has 2 nitrogen and oxygen atoms in total. The van der Waals surface area contributed by atoms with Gasteiger partial charge in [-0.25, -0.2) is 0 Å². The van der Waals surface area contributed by atoms with Crippen LogP contribution in [0, 0.1) is 0 Å². The first-order valence-corrected chi connectivity index (χ1v) is 5.77. The third-order valence-electron chi connectivity index (χ3n) is 2.28. The second kappa shape index (κ2) is 7.07. The maximum absolute atomic E-state index is 10.9. The molecule has 0 bridgehead atoms. The number of rotatable bonds is 6. The molecule has 0 spiro atoms. The molecule has 1 N–H and O–H groups in total. The summed E-state index contributed by atoms with van der Waals surface area (Å²) in [5.74, 6) is -0.133. The van der Waals surface area contributed by atoms with E-state index in [0.717, 1.165) is 18.4 Å². The lowest BCUT2D eigenvalue weighted by molar-refractivity contribution is -0.116. The highest BCUT2D eigenvalue weighted by Crippen LogP contribution is 2.24. The van der Waals surface area contributed by atoms with Crippen molar-refractivity contribution in [1.82, 2.24) is 5.32 Å². The molecule has 3 heteroatoms. The average molecular weight is 238 g/mol. The molecule has 0 radical (unpaired) electrons. The topological polar surface area (TPSA) is 29.1 Å². The lowest BCUT2D eigenvalue weighted by Crippen LogP contribution is -2.21. The molecular formula is C13H16ClNO. The van der Waals surface area contributed by atoms with Crippen molar-refractivity contribution in [3.05, 3.63) is 48.6 Å². The predicted molar refractivity (Wildman–Crippen MR) is 67.5 cm³/mol. The summed E-state index contributed by atoms with van der Waals surface area (Å²) in [6, 6.07) is 9.95. The first kappa shape index (κ1) is 12.8. The van der Waals surface area contributed by atoms with Gasteiger partial charge >= 0.3 is 0 Å². The van der Waals surface area contributed by atoms with Gasteiger partial charge in [0.2, 0.25) is 5.91 Å². The van der Waals surface area contributed by atoms with E-state index in [1.807, 2.05) is 30.3 Å². The summed E-state index contributed by atoms with van der Waals surface area (Å²) in [5.41, 5.74) is 1.12. The first-order valence-electron chi connectivity index (χ1n) is 5.33. The third-order valence-corrected chi connectivity index (χ3v) is 2.75. The summed E-state index contributed by atoms with van der Waals surface area (Å²) in [7, 11) is 0. The number of halogens is 1. The maximum Gasteiger partial charge on any atom is 0.243 e. The predicted octanol–water partition coefficient (Wildman–Crippen LogP) is 3.05. The van der Waals surface area contributed by atoms with Crippen LogP contribution in [0.3, 0.4) is 0 Å². The molecule has 86 valence electrons. The number of nitrogens with one attached hydrogen (secondary N) is 1. The van der Waals surface area contributed by atoms with Crippen molar-refractivity contribution in [3.63, 3.8) is 0 Å².